The monoisotopic (exact) mass is 390 g/mol. The number of carbonyl (C=O) groups is 2. The van der Waals surface area contributed by atoms with E-state index in [1.54, 1.807) is 0 Å². The van der Waals surface area contributed by atoms with Crippen LogP contribution < -0.4 is 0 Å². The number of rotatable bonds is 5. The number of Topliss-reactive ketones (excluding diaryl/α,β-unsaturated/α-hetero) is 1. The predicted molar refractivity (Wildman–Crippen MR) is 115 cm³/mol. The summed E-state index contributed by atoms with van der Waals surface area (Å²) in [5.74, 6) is 0.162. The summed E-state index contributed by atoms with van der Waals surface area (Å²) in [5, 5.41) is 0. The van der Waals surface area contributed by atoms with Crippen molar-refractivity contribution in [2.45, 2.75) is 44.6 Å². The molecule has 1 saturated heterocycles. The number of benzene rings is 2. The molecule has 1 atom stereocenters. The molecule has 0 N–H and O–H groups in total. The number of carbonyl (C=O) groups excluding carboxylic acids is 2. The Hall–Kier alpha value is -2.46. The van der Waals surface area contributed by atoms with Gasteiger partial charge in [0.05, 0.1) is 6.04 Å². The van der Waals surface area contributed by atoms with Crippen LogP contribution in [0, 0.1) is 0 Å². The summed E-state index contributed by atoms with van der Waals surface area (Å²) in [6.45, 7) is 2.41. The summed E-state index contributed by atoms with van der Waals surface area (Å²) in [6, 6.07) is 16.4. The number of likely N-dealkylation sites (N-methyl/N-ethyl adjacent to an activating group) is 1. The third-order valence-corrected chi connectivity index (χ3v) is 6.32. The number of piperazine rings is 1. The molecule has 0 aromatic heterocycles. The van der Waals surface area contributed by atoms with Gasteiger partial charge in [0.1, 0.15) is 0 Å². The first kappa shape index (κ1) is 19.8. The Morgan fingerprint density at radius 2 is 1.69 bits per heavy atom. The highest BCUT2D eigenvalue weighted by molar-refractivity contribution is 5.98. The first-order valence-electron chi connectivity index (χ1n) is 10.8. The second-order valence-electron chi connectivity index (χ2n) is 8.39. The van der Waals surface area contributed by atoms with Crippen LogP contribution in [0.1, 0.15) is 58.8 Å². The maximum absolute atomic E-state index is 13.0. The van der Waals surface area contributed by atoms with Crippen LogP contribution in [0.5, 0.6) is 0 Å². The molecule has 0 bridgehead atoms. The van der Waals surface area contributed by atoms with Crippen molar-refractivity contribution in [2.75, 3.05) is 26.7 Å². The molecule has 0 radical (unpaired) electrons. The number of aryl methyl sites for hydroxylation is 2. The molecule has 4 heteroatoms. The lowest BCUT2D eigenvalue weighted by atomic mass is 9.89. The number of amides is 1. The smallest absolute Gasteiger partial charge is 0.223 e. The molecule has 1 amide bonds. The Kier molecular flexibility index (Phi) is 6.10. The van der Waals surface area contributed by atoms with Crippen LogP contribution in [0.4, 0.5) is 0 Å². The minimum Gasteiger partial charge on any atom is -0.333 e. The number of nitrogens with zero attached hydrogens (tertiary/aromatic N) is 2. The molecule has 152 valence electrons. The van der Waals surface area contributed by atoms with Crippen molar-refractivity contribution in [2.24, 2.45) is 0 Å². The molecule has 2 aliphatic rings. The van der Waals surface area contributed by atoms with Gasteiger partial charge in [-0.2, -0.15) is 0 Å². The normalized spacial score (nSPS) is 19.6. The lowest BCUT2D eigenvalue weighted by molar-refractivity contribution is -0.136. The molecule has 0 unspecified atom stereocenters. The minimum absolute atomic E-state index is 0.0568. The Bertz CT molecular complexity index is 878. The highest BCUT2D eigenvalue weighted by atomic mass is 16.2. The van der Waals surface area contributed by atoms with Crippen LogP contribution >= 0.6 is 0 Å². The highest BCUT2D eigenvalue weighted by Crippen LogP contribution is 2.26. The Morgan fingerprint density at radius 1 is 0.931 bits per heavy atom. The molecule has 2 aromatic carbocycles. The first-order valence-corrected chi connectivity index (χ1v) is 10.8. The van der Waals surface area contributed by atoms with Gasteiger partial charge in [-0.3, -0.25) is 9.59 Å². The van der Waals surface area contributed by atoms with E-state index in [1.807, 2.05) is 29.2 Å². The standard InChI is InChI=1S/C25H30N2O2/c1-26-15-16-27(23(18-26)20-8-3-2-4-9-20)25(29)14-13-24(28)22-12-11-19-7-5-6-10-21(19)17-22/h2-4,8-9,11-12,17,23H,5-7,10,13-16,18H2,1H3/t23-/m1/s1. The summed E-state index contributed by atoms with van der Waals surface area (Å²) in [5.41, 5.74) is 4.62. The van der Waals surface area contributed by atoms with Gasteiger partial charge in [0.25, 0.3) is 0 Å². The van der Waals surface area contributed by atoms with Gasteiger partial charge in [-0.1, -0.05) is 42.5 Å². The summed E-state index contributed by atoms with van der Waals surface area (Å²) in [6.07, 6.45) is 5.19. The van der Waals surface area contributed by atoms with Crippen molar-refractivity contribution < 1.29 is 9.59 Å². The van der Waals surface area contributed by atoms with Crippen molar-refractivity contribution in [3.05, 3.63) is 70.8 Å². The maximum atomic E-state index is 13.0. The molecule has 4 nitrogen and oxygen atoms in total. The van der Waals surface area contributed by atoms with Gasteiger partial charge < -0.3 is 9.80 Å². The fourth-order valence-corrected chi connectivity index (χ4v) is 4.59. The van der Waals surface area contributed by atoms with E-state index in [1.165, 1.54) is 24.0 Å². The average Bonchev–Trinajstić information content (AvgIpc) is 2.77. The maximum Gasteiger partial charge on any atom is 0.223 e. The van der Waals surface area contributed by atoms with E-state index in [0.717, 1.165) is 37.1 Å². The number of fused-ring (bicyclic) bond motifs is 1. The highest BCUT2D eigenvalue weighted by Gasteiger charge is 2.30. The van der Waals surface area contributed by atoms with Crippen molar-refractivity contribution in [1.82, 2.24) is 9.80 Å². The molecule has 2 aromatic rings. The van der Waals surface area contributed by atoms with Crippen LogP contribution in [-0.4, -0.2) is 48.2 Å². The van der Waals surface area contributed by atoms with Gasteiger partial charge in [-0.05, 0) is 55.5 Å². The largest absolute Gasteiger partial charge is 0.333 e. The molecule has 29 heavy (non-hydrogen) atoms. The van der Waals surface area contributed by atoms with Crippen molar-refractivity contribution in [3.8, 4) is 0 Å². The van der Waals surface area contributed by atoms with Gasteiger partial charge in [-0.15, -0.1) is 0 Å². The van der Waals surface area contributed by atoms with Crippen LogP contribution in [0.3, 0.4) is 0 Å². The molecular formula is C25H30N2O2. The molecular weight excluding hydrogens is 360 g/mol. The fourth-order valence-electron chi connectivity index (χ4n) is 4.59. The molecule has 1 aliphatic carbocycles. The van der Waals surface area contributed by atoms with Gasteiger partial charge in [0, 0.05) is 38.0 Å². The summed E-state index contributed by atoms with van der Waals surface area (Å²) in [4.78, 5) is 30.0. The van der Waals surface area contributed by atoms with Crippen LogP contribution in [-0.2, 0) is 17.6 Å². The van der Waals surface area contributed by atoms with E-state index < -0.39 is 0 Å². The lowest BCUT2D eigenvalue weighted by Crippen LogP contribution is -2.49. The number of hydrogen-bond acceptors (Lipinski definition) is 3. The van der Waals surface area contributed by atoms with Crippen molar-refractivity contribution >= 4 is 11.7 Å². The van der Waals surface area contributed by atoms with E-state index >= 15 is 0 Å². The molecule has 1 heterocycles. The minimum atomic E-state index is 0.0568. The molecule has 0 saturated carbocycles. The summed E-state index contributed by atoms with van der Waals surface area (Å²) in [7, 11) is 2.09. The second kappa shape index (κ2) is 8.91. The molecule has 4 rings (SSSR count). The van der Waals surface area contributed by atoms with E-state index in [9.17, 15) is 9.59 Å². The summed E-state index contributed by atoms with van der Waals surface area (Å²) < 4.78 is 0. The lowest BCUT2D eigenvalue weighted by Gasteiger charge is -2.40. The number of hydrogen-bond donors (Lipinski definition) is 0. The Balaban J connectivity index is 1.41. The third-order valence-electron chi connectivity index (χ3n) is 6.32. The van der Waals surface area contributed by atoms with Crippen LogP contribution in [0.15, 0.2) is 48.5 Å². The quantitative estimate of drug-likeness (QED) is 0.724. The van der Waals surface area contributed by atoms with E-state index in [-0.39, 0.29) is 30.6 Å². The molecule has 0 spiro atoms. The van der Waals surface area contributed by atoms with Crippen LogP contribution in [0.2, 0.25) is 0 Å². The van der Waals surface area contributed by atoms with Crippen molar-refractivity contribution in [1.29, 1.82) is 0 Å². The topological polar surface area (TPSA) is 40.6 Å². The number of ketones is 1. The van der Waals surface area contributed by atoms with E-state index in [4.69, 9.17) is 0 Å². The van der Waals surface area contributed by atoms with Gasteiger partial charge in [-0.25, -0.2) is 0 Å². The third kappa shape index (κ3) is 4.59. The molecule has 1 aliphatic heterocycles. The van der Waals surface area contributed by atoms with Gasteiger partial charge >= 0.3 is 0 Å². The second-order valence-corrected chi connectivity index (χ2v) is 8.39. The predicted octanol–water partition coefficient (Wildman–Crippen LogP) is 4.04. The average molecular weight is 391 g/mol. The van der Waals surface area contributed by atoms with E-state index in [0.29, 0.717) is 6.54 Å². The van der Waals surface area contributed by atoms with Gasteiger partial charge in [0.2, 0.25) is 5.91 Å². The zero-order valence-corrected chi connectivity index (χ0v) is 17.3. The van der Waals surface area contributed by atoms with Gasteiger partial charge in [0.15, 0.2) is 5.78 Å². The van der Waals surface area contributed by atoms with Crippen molar-refractivity contribution in [3.63, 3.8) is 0 Å². The molecule has 1 fully saturated rings. The SMILES string of the molecule is CN1CCN(C(=O)CCC(=O)c2ccc3c(c2)CCCC3)[C@@H](c2ccccc2)C1. The van der Waals surface area contributed by atoms with E-state index in [2.05, 4.69) is 36.2 Å². The zero-order chi connectivity index (χ0) is 20.2. The Morgan fingerprint density at radius 3 is 2.48 bits per heavy atom. The summed E-state index contributed by atoms with van der Waals surface area (Å²) >= 11 is 0. The first-order chi connectivity index (χ1) is 14.1. The van der Waals surface area contributed by atoms with Crippen LogP contribution in [0.25, 0.3) is 0 Å². The fraction of sp³-hybridized carbons (Fsp3) is 0.440. The zero-order valence-electron chi connectivity index (χ0n) is 17.3. The Labute approximate surface area is 173 Å².